The molecule has 1 N–H and O–H groups in total. The van der Waals surface area contributed by atoms with E-state index < -0.39 is 0 Å². The second-order valence-electron chi connectivity index (χ2n) is 3.95. The average molecular weight is 245 g/mol. The zero-order chi connectivity index (χ0) is 13.0. The summed E-state index contributed by atoms with van der Waals surface area (Å²) in [5.41, 5.74) is 2.37. The highest BCUT2D eigenvalue weighted by Gasteiger charge is 2.18. The third-order valence-corrected chi connectivity index (χ3v) is 2.58. The summed E-state index contributed by atoms with van der Waals surface area (Å²) in [6, 6.07) is 7.70. The van der Waals surface area contributed by atoms with E-state index in [2.05, 4.69) is 9.97 Å². The molecule has 0 radical (unpaired) electrons. The summed E-state index contributed by atoms with van der Waals surface area (Å²) < 4.78 is 5.08. The van der Waals surface area contributed by atoms with Crippen molar-refractivity contribution in [3.63, 3.8) is 0 Å². The minimum Gasteiger partial charge on any atom is -0.364 e. The van der Waals surface area contributed by atoms with Gasteiger partial charge in [0.15, 0.2) is 0 Å². The molecule has 0 fully saturated rings. The van der Waals surface area contributed by atoms with E-state index in [0.29, 0.717) is 5.69 Å². The predicted molar refractivity (Wildman–Crippen MR) is 68.5 cm³/mol. The van der Waals surface area contributed by atoms with Gasteiger partial charge in [-0.25, -0.2) is 4.98 Å². The molecule has 0 aliphatic heterocycles. The van der Waals surface area contributed by atoms with Crippen molar-refractivity contribution < 1.29 is 9.53 Å². The summed E-state index contributed by atoms with van der Waals surface area (Å²) in [6.07, 6.45) is 2.98. The van der Waals surface area contributed by atoms with Crippen LogP contribution in [0.15, 0.2) is 36.8 Å². The Bertz CT molecular complexity index is 506. The largest absolute Gasteiger partial charge is 0.364 e. The normalized spacial score (nSPS) is 10.3. The standard InChI is InChI=1S/C13H15N3O2/c1-10-3-5-11(6-4-10)16(9-18-2)13(17)12-7-14-8-15-12/h3-8H,9H2,1-2H3,(H,14,15). The fraction of sp³-hybridized carbons (Fsp3) is 0.231. The van der Waals surface area contributed by atoms with Crippen LogP contribution >= 0.6 is 0 Å². The summed E-state index contributed by atoms with van der Waals surface area (Å²) in [6.45, 7) is 2.20. The highest BCUT2D eigenvalue weighted by atomic mass is 16.5. The molecule has 0 aliphatic carbocycles. The first-order valence-electron chi connectivity index (χ1n) is 5.58. The number of methoxy groups -OCH3 is 1. The van der Waals surface area contributed by atoms with Crippen LogP contribution in [-0.2, 0) is 4.74 Å². The summed E-state index contributed by atoms with van der Waals surface area (Å²) in [4.78, 5) is 20.5. The minimum absolute atomic E-state index is 0.168. The molecule has 2 aromatic rings. The lowest BCUT2D eigenvalue weighted by molar-refractivity contribution is 0.0932. The van der Waals surface area contributed by atoms with Crippen LogP contribution in [-0.4, -0.2) is 29.7 Å². The van der Waals surface area contributed by atoms with Crippen LogP contribution in [0.5, 0.6) is 0 Å². The second-order valence-corrected chi connectivity index (χ2v) is 3.95. The van der Waals surface area contributed by atoms with Crippen molar-refractivity contribution in [1.82, 2.24) is 9.97 Å². The third kappa shape index (κ3) is 2.57. The first-order chi connectivity index (χ1) is 8.72. The molecule has 94 valence electrons. The SMILES string of the molecule is COCN(C(=O)c1cnc[nH]1)c1ccc(C)cc1. The Morgan fingerprint density at radius 2 is 2.11 bits per heavy atom. The number of rotatable bonds is 4. The van der Waals surface area contributed by atoms with Crippen molar-refractivity contribution >= 4 is 11.6 Å². The maximum absolute atomic E-state index is 12.3. The highest BCUT2D eigenvalue weighted by molar-refractivity contribution is 6.04. The number of aromatic amines is 1. The fourth-order valence-electron chi connectivity index (χ4n) is 1.62. The summed E-state index contributed by atoms with van der Waals surface area (Å²) >= 11 is 0. The van der Waals surface area contributed by atoms with Gasteiger partial charge in [-0.3, -0.25) is 9.69 Å². The van der Waals surface area contributed by atoms with Crippen molar-refractivity contribution in [3.8, 4) is 0 Å². The minimum atomic E-state index is -0.168. The number of carbonyl (C=O) groups excluding carboxylic acids is 1. The summed E-state index contributed by atoms with van der Waals surface area (Å²) in [5, 5.41) is 0. The molecule has 1 aromatic carbocycles. The topological polar surface area (TPSA) is 58.2 Å². The molecule has 2 rings (SSSR count). The first kappa shape index (κ1) is 12.3. The second kappa shape index (κ2) is 5.46. The van der Waals surface area contributed by atoms with E-state index in [1.807, 2.05) is 31.2 Å². The van der Waals surface area contributed by atoms with Crippen molar-refractivity contribution in [3.05, 3.63) is 48.0 Å². The van der Waals surface area contributed by atoms with Gasteiger partial charge in [-0.2, -0.15) is 0 Å². The third-order valence-electron chi connectivity index (χ3n) is 2.58. The van der Waals surface area contributed by atoms with Crippen LogP contribution in [0.25, 0.3) is 0 Å². The highest BCUT2D eigenvalue weighted by Crippen LogP contribution is 2.17. The number of hydrogen-bond acceptors (Lipinski definition) is 3. The number of amides is 1. The molecular formula is C13H15N3O2. The Morgan fingerprint density at radius 1 is 1.39 bits per heavy atom. The van der Waals surface area contributed by atoms with E-state index in [0.717, 1.165) is 11.3 Å². The Labute approximate surface area is 105 Å². The molecule has 5 heteroatoms. The van der Waals surface area contributed by atoms with Crippen LogP contribution in [0.3, 0.4) is 0 Å². The lowest BCUT2D eigenvalue weighted by Gasteiger charge is -2.21. The molecule has 1 amide bonds. The van der Waals surface area contributed by atoms with Crippen LogP contribution < -0.4 is 4.90 Å². The van der Waals surface area contributed by atoms with Gasteiger partial charge < -0.3 is 9.72 Å². The van der Waals surface area contributed by atoms with Crippen LogP contribution in [0.4, 0.5) is 5.69 Å². The number of aryl methyl sites for hydroxylation is 1. The zero-order valence-corrected chi connectivity index (χ0v) is 10.4. The summed E-state index contributed by atoms with van der Waals surface area (Å²) in [7, 11) is 1.56. The number of nitrogens with one attached hydrogen (secondary N) is 1. The molecule has 0 spiro atoms. The van der Waals surface area contributed by atoms with Gasteiger partial charge in [-0.15, -0.1) is 0 Å². The van der Waals surface area contributed by atoms with Gasteiger partial charge in [0, 0.05) is 12.8 Å². The molecule has 5 nitrogen and oxygen atoms in total. The maximum Gasteiger partial charge on any atom is 0.278 e. The molecule has 0 saturated carbocycles. The van der Waals surface area contributed by atoms with Crippen LogP contribution in [0, 0.1) is 6.92 Å². The van der Waals surface area contributed by atoms with Gasteiger partial charge in [0.1, 0.15) is 12.4 Å². The first-order valence-corrected chi connectivity index (χ1v) is 5.58. The van der Waals surface area contributed by atoms with Crippen LogP contribution in [0.2, 0.25) is 0 Å². The van der Waals surface area contributed by atoms with Crippen LogP contribution in [0.1, 0.15) is 16.1 Å². The van der Waals surface area contributed by atoms with Gasteiger partial charge in [-0.05, 0) is 19.1 Å². The van der Waals surface area contributed by atoms with E-state index in [4.69, 9.17) is 4.74 Å². The molecule has 0 aliphatic rings. The number of aromatic nitrogens is 2. The summed E-state index contributed by atoms with van der Waals surface area (Å²) in [5.74, 6) is -0.168. The molecule has 0 unspecified atom stereocenters. The molecule has 0 atom stereocenters. The number of H-pyrrole nitrogens is 1. The number of hydrogen-bond donors (Lipinski definition) is 1. The number of carbonyl (C=O) groups is 1. The smallest absolute Gasteiger partial charge is 0.278 e. The number of ether oxygens (including phenoxy) is 1. The van der Waals surface area contributed by atoms with Crippen molar-refractivity contribution in [2.75, 3.05) is 18.7 Å². The van der Waals surface area contributed by atoms with Crippen molar-refractivity contribution in [2.24, 2.45) is 0 Å². The van der Waals surface area contributed by atoms with Gasteiger partial charge in [0.2, 0.25) is 0 Å². The maximum atomic E-state index is 12.3. The molecular weight excluding hydrogens is 230 g/mol. The molecule has 1 aromatic heterocycles. The average Bonchev–Trinajstić information content (AvgIpc) is 2.90. The van der Waals surface area contributed by atoms with Gasteiger partial charge in [-0.1, -0.05) is 17.7 Å². The van der Waals surface area contributed by atoms with E-state index in [-0.39, 0.29) is 12.6 Å². The Balaban J connectivity index is 2.28. The molecule has 0 bridgehead atoms. The quantitative estimate of drug-likeness (QED) is 0.838. The lowest BCUT2D eigenvalue weighted by atomic mass is 10.2. The van der Waals surface area contributed by atoms with E-state index in [1.54, 1.807) is 12.0 Å². The van der Waals surface area contributed by atoms with Gasteiger partial charge >= 0.3 is 0 Å². The van der Waals surface area contributed by atoms with Crippen molar-refractivity contribution in [2.45, 2.75) is 6.92 Å². The molecule has 18 heavy (non-hydrogen) atoms. The van der Waals surface area contributed by atoms with Crippen molar-refractivity contribution in [1.29, 1.82) is 0 Å². The number of benzene rings is 1. The zero-order valence-electron chi connectivity index (χ0n) is 10.4. The Hall–Kier alpha value is -2.14. The van der Waals surface area contributed by atoms with E-state index >= 15 is 0 Å². The lowest BCUT2D eigenvalue weighted by Crippen LogP contribution is -2.33. The number of nitrogens with zero attached hydrogens (tertiary/aromatic N) is 2. The molecule has 0 saturated heterocycles. The fourth-order valence-corrected chi connectivity index (χ4v) is 1.62. The van der Waals surface area contributed by atoms with E-state index in [1.165, 1.54) is 12.5 Å². The Kier molecular flexibility index (Phi) is 3.74. The monoisotopic (exact) mass is 245 g/mol. The number of imidazole rings is 1. The van der Waals surface area contributed by atoms with Gasteiger partial charge in [0.05, 0.1) is 12.5 Å². The van der Waals surface area contributed by atoms with Gasteiger partial charge in [0.25, 0.3) is 5.91 Å². The Morgan fingerprint density at radius 3 is 2.67 bits per heavy atom. The van der Waals surface area contributed by atoms with E-state index in [9.17, 15) is 4.79 Å². The predicted octanol–water partition coefficient (Wildman–Crippen LogP) is 1.97. The number of anilines is 1. The molecule has 1 heterocycles.